The Morgan fingerprint density at radius 1 is 1.33 bits per heavy atom. The lowest BCUT2D eigenvalue weighted by Crippen LogP contribution is -2.48. The van der Waals surface area contributed by atoms with Gasteiger partial charge in [0.25, 0.3) is 5.91 Å². The number of nitrogens with one attached hydrogen (secondary N) is 2. The largest absolute Gasteiger partial charge is 0.492 e. The van der Waals surface area contributed by atoms with E-state index in [2.05, 4.69) is 10.6 Å². The molecule has 0 saturated carbocycles. The molecule has 0 spiro atoms. The summed E-state index contributed by atoms with van der Waals surface area (Å²) in [6.45, 7) is 0.979. The van der Waals surface area contributed by atoms with E-state index in [1.807, 2.05) is 12.1 Å². The summed E-state index contributed by atoms with van der Waals surface area (Å²) in [4.78, 5) is 38.0. The summed E-state index contributed by atoms with van der Waals surface area (Å²) >= 11 is 0. The van der Waals surface area contributed by atoms with Crippen LogP contribution in [0.3, 0.4) is 0 Å². The molecular weight excluding hydrogens is 310 g/mol. The van der Waals surface area contributed by atoms with E-state index in [0.29, 0.717) is 30.9 Å². The van der Waals surface area contributed by atoms with Gasteiger partial charge in [0.15, 0.2) is 0 Å². The zero-order valence-electron chi connectivity index (χ0n) is 13.6. The Kier molecular flexibility index (Phi) is 4.69. The molecule has 2 N–H and O–H groups in total. The summed E-state index contributed by atoms with van der Waals surface area (Å²) in [5.74, 6) is -0.144. The molecule has 2 aliphatic rings. The van der Waals surface area contributed by atoms with Gasteiger partial charge in [-0.15, -0.1) is 0 Å². The summed E-state index contributed by atoms with van der Waals surface area (Å²) in [6, 6.07) is 4.99. The third-order valence-electron chi connectivity index (χ3n) is 4.48. The predicted octanol–water partition coefficient (Wildman–Crippen LogP) is 0.0883. The van der Waals surface area contributed by atoms with Crippen molar-refractivity contribution in [2.75, 3.05) is 26.7 Å². The van der Waals surface area contributed by atoms with Crippen LogP contribution in [0.15, 0.2) is 18.2 Å². The smallest absolute Gasteiger partial charge is 0.255 e. The van der Waals surface area contributed by atoms with Crippen LogP contribution < -0.4 is 15.4 Å². The number of carbonyl (C=O) groups excluding carboxylic acids is 3. The topological polar surface area (TPSA) is 87.7 Å². The predicted molar refractivity (Wildman–Crippen MR) is 86.8 cm³/mol. The maximum absolute atomic E-state index is 12.4. The summed E-state index contributed by atoms with van der Waals surface area (Å²) in [5.41, 5.74) is 1.45. The van der Waals surface area contributed by atoms with Crippen LogP contribution in [0.4, 0.5) is 0 Å². The van der Waals surface area contributed by atoms with Crippen LogP contribution in [-0.4, -0.2) is 55.4 Å². The van der Waals surface area contributed by atoms with Crippen LogP contribution in [0.1, 0.15) is 28.8 Å². The molecule has 1 aromatic rings. The first-order valence-corrected chi connectivity index (χ1v) is 8.15. The lowest BCUT2D eigenvalue weighted by atomic mass is 10.1. The van der Waals surface area contributed by atoms with Crippen molar-refractivity contribution < 1.29 is 19.1 Å². The molecule has 7 heteroatoms. The van der Waals surface area contributed by atoms with Crippen LogP contribution in [0.5, 0.6) is 5.75 Å². The van der Waals surface area contributed by atoms with E-state index in [1.54, 1.807) is 13.1 Å². The van der Waals surface area contributed by atoms with Crippen LogP contribution in [0, 0.1) is 0 Å². The number of nitrogens with zero attached hydrogens (tertiary/aromatic N) is 1. The van der Waals surface area contributed by atoms with Crippen molar-refractivity contribution >= 4 is 17.7 Å². The summed E-state index contributed by atoms with van der Waals surface area (Å²) in [6.07, 6.45) is 2.23. The third kappa shape index (κ3) is 3.06. The maximum atomic E-state index is 12.4. The average molecular weight is 331 g/mol. The van der Waals surface area contributed by atoms with Gasteiger partial charge in [0.05, 0.1) is 18.7 Å². The molecule has 1 unspecified atom stereocenters. The van der Waals surface area contributed by atoms with Crippen molar-refractivity contribution in [1.29, 1.82) is 0 Å². The second-order valence-corrected chi connectivity index (χ2v) is 5.93. The minimum atomic E-state index is -0.441. The molecule has 0 aliphatic carbocycles. The van der Waals surface area contributed by atoms with Gasteiger partial charge in [0, 0.05) is 20.0 Å². The van der Waals surface area contributed by atoms with Gasteiger partial charge in [-0.1, -0.05) is 12.1 Å². The van der Waals surface area contributed by atoms with Gasteiger partial charge < -0.3 is 20.3 Å². The highest BCUT2D eigenvalue weighted by Crippen LogP contribution is 2.29. The molecule has 2 aliphatic heterocycles. The first-order chi connectivity index (χ1) is 11.6. The first kappa shape index (κ1) is 16.3. The Morgan fingerprint density at radius 2 is 2.17 bits per heavy atom. The van der Waals surface area contributed by atoms with Gasteiger partial charge in [-0.25, -0.2) is 0 Å². The molecule has 1 saturated heterocycles. The molecule has 3 amide bonds. The maximum Gasteiger partial charge on any atom is 0.255 e. The molecule has 0 aromatic heterocycles. The molecule has 2 heterocycles. The molecular formula is C17H21N3O4. The van der Waals surface area contributed by atoms with Crippen molar-refractivity contribution in [3.05, 3.63) is 29.3 Å². The Hall–Kier alpha value is -2.57. The van der Waals surface area contributed by atoms with Gasteiger partial charge in [-0.3, -0.25) is 14.4 Å². The van der Waals surface area contributed by atoms with Crippen LogP contribution in [-0.2, 0) is 16.0 Å². The lowest BCUT2D eigenvalue weighted by Gasteiger charge is -2.23. The van der Waals surface area contributed by atoms with Crippen molar-refractivity contribution in [2.24, 2.45) is 0 Å². The number of rotatable bonds is 4. The molecule has 0 bridgehead atoms. The molecule has 7 nitrogen and oxygen atoms in total. The molecule has 1 fully saturated rings. The van der Waals surface area contributed by atoms with Crippen LogP contribution in [0.25, 0.3) is 0 Å². The van der Waals surface area contributed by atoms with E-state index in [4.69, 9.17) is 4.74 Å². The van der Waals surface area contributed by atoms with Crippen LogP contribution >= 0.6 is 0 Å². The summed E-state index contributed by atoms with van der Waals surface area (Å²) in [5, 5.41) is 5.22. The molecule has 0 radical (unpaired) electrons. The fourth-order valence-electron chi connectivity index (χ4n) is 3.25. The van der Waals surface area contributed by atoms with Gasteiger partial charge in [0.1, 0.15) is 11.8 Å². The quantitative estimate of drug-likeness (QED) is 0.818. The second kappa shape index (κ2) is 6.90. The summed E-state index contributed by atoms with van der Waals surface area (Å²) in [7, 11) is 1.56. The first-order valence-electron chi connectivity index (χ1n) is 8.15. The van der Waals surface area contributed by atoms with Gasteiger partial charge in [-0.2, -0.15) is 0 Å². The highest BCUT2D eigenvalue weighted by molar-refractivity contribution is 5.99. The molecule has 1 aromatic carbocycles. The number of fused-ring (bicyclic) bond motifs is 1. The lowest BCUT2D eigenvalue weighted by molar-refractivity contribution is -0.137. The van der Waals surface area contributed by atoms with Crippen molar-refractivity contribution in [3.63, 3.8) is 0 Å². The molecule has 128 valence electrons. The average Bonchev–Trinajstić information content (AvgIpc) is 3.26. The molecule has 3 rings (SSSR count). The number of benzene rings is 1. The fraction of sp³-hybridized carbons (Fsp3) is 0.471. The summed E-state index contributed by atoms with van der Waals surface area (Å²) < 4.78 is 5.51. The van der Waals surface area contributed by atoms with E-state index in [-0.39, 0.29) is 24.3 Å². The number of hydrogen-bond donors (Lipinski definition) is 2. The van der Waals surface area contributed by atoms with E-state index in [9.17, 15) is 14.4 Å². The minimum absolute atomic E-state index is 0.129. The fourth-order valence-corrected chi connectivity index (χ4v) is 3.25. The second-order valence-electron chi connectivity index (χ2n) is 5.93. The SMILES string of the molecule is CNC(=O)C1CCCN1C(=O)CNC(=O)c1cccc2c1OCC2. The number of likely N-dealkylation sites (N-methyl/N-ethyl adjacent to an activating group) is 1. The number of hydrogen-bond acceptors (Lipinski definition) is 4. The van der Waals surface area contributed by atoms with E-state index in [0.717, 1.165) is 18.4 Å². The van der Waals surface area contributed by atoms with Gasteiger partial charge >= 0.3 is 0 Å². The van der Waals surface area contributed by atoms with Crippen molar-refractivity contribution in [1.82, 2.24) is 15.5 Å². The Bertz CT molecular complexity index is 674. The van der Waals surface area contributed by atoms with E-state index in [1.165, 1.54) is 4.90 Å². The number of amides is 3. The number of para-hydroxylation sites is 1. The Balaban J connectivity index is 1.61. The van der Waals surface area contributed by atoms with Gasteiger partial charge in [0.2, 0.25) is 11.8 Å². The zero-order chi connectivity index (χ0) is 17.1. The monoisotopic (exact) mass is 331 g/mol. The normalized spacial score (nSPS) is 18.7. The number of ether oxygens (including phenoxy) is 1. The molecule has 24 heavy (non-hydrogen) atoms. The Labute approximate surface area is 140 Å². The highest BCUT2D eigenvalue weighted by Gasteiger charge is 2.33. The van der Waals surface area contributed by atoms with E-state index < -0.39 is 6.04 Å². The molecule has 1 atom stereocenters. The standard InChI is InChI=1S/C17H21N3O4/c1-18-17(23)13-6-3-8-20(13)14(21)10-19-16(22)12-5-2-4-11-7-9-24-15(11)12/h2,4-5,13H,3,6-10H2,1H3,(H,18,23)(H,19,22). The number of likely N-dealkylation sites (tertiary alicyclic amines) is 1. The van der Waals surface area contributed by atoms with Gasteiger partial charge in [-0.05, 0) is 24.5 Å². The third-order valence-corrected chi connectivity index (χ3v) is 4.48. The minimum Gasteiger partial charge on any atom is -0.492 e. The van der Waals surface area contributed by atoms with Crippen molar-refractivity contribution in [3.8, 4) is 5.75 Å². The zero-order valence-corrected chi connectivity index (χ0v) is 13.6. The van der Waals surface area contributed by atoms with E-state index >= 15 is 0 Å². The highest BCUT2D eigenvalue weighted by atomic mass is 16.5. The number of carbonyl (C=O) groups is 3. The van der Waals surface area contributed by atoms with Crippen molar-refractivity contribution in [2.45, 2.75) is 25.3 Å². The Morgan fingerprint density at radius 3 is 2.96 bits per heavy atom. The van der Waals surface area contributed by atoms with Crippen LogP contribution in [0.2, 0.25) is 0 Å².